The van der Waals surface area contributed by atoms with E-state index in [-0.39, 0.29) is 16.4 Å². The minimum absolute atomic E-state index is 0.00334. The van der Waals surface area contributed by atoms with Crippen LogP contribution in [0.3, 0.4) is 0 Å². The number of hydrogen-bond donors (Lipinski definition) is 0. The quantitative estimate of drug-likeness (QED) is 0.541. The molecule has 0 aliphatic carbocycles. The van der Waals surface area contributed by atoms with E-state index in [1.807, 2.05) is 25.2 Å². The molecule has 0 bridgehead atoms. The number of likely N-dealkylation sites (N-methyl/N-ethyl adjacent to an activating group) is 1. The molecule has 0 amide bonds. The normalized spacial score (nSPS) is 10.7. The summed E-state index contributed by atoms with van der Waals surface area (Å²) >= 11 is 0. The number of nitrogens with zero attached hydrogens (tertiary/aromatic N) is 4. The summed E-state index contributed by atoms with van der Waals surface area (Å²) in [5, 5.41) is 4.11. The van der Waals surface area contributed by atoms with Crippen molar-refractivity contribution in [3.63, 3.8) is 0 Å². The van der Waals surface area contributed by atoms with Gasteiger partial charge in [-0.3, -0.25) is 0 Å². The van der Waals surface area contributed by atoms with Crippen LogP contribution in [0.15, 0.2) is 36.4 Å². The van der Waals surface area contributed by atoms with E-state index in [2.05, 4.69) is 27.0 Å². The van der Waals surface area contributed by atoms with Crippen molar-refractivity contribution in [1.82, 2.24) is 14.7 Å². The zero-order valence-electron chi connectivity index (χ0n) is 14.0. The highest BCUT2D eigenvalue weighted by Crippen LogP contribution is 2.14. The second-order valence-electron chi connectivity index (χ2n) is 5.27. The van der Waals surface area contributed by atoms with Gasteiger partial charge in [0.25, 0.3) is 0 Å². The Bertz CT molecular complexity index is 699. The van der Waals surface area contributed by atoms with Gasteiger partial charge in [0.2, 0.25) is 0 Å². The summed E-state index contributed by atoms with van der Waals surface area (Å²) in [4.78, 5) is 30.3. The first kappa shape index (κ1) is 17.6. The third-order valence-electron chi connectivity index (χ3n) is 3.50. The molecule has 0 saturated heterocycles. The Labute approximate surface area is 140 Å². The topological polar surface area (TPSA) is 76.7 Å². The van der Waals surface area contributed by atoms with E-state index >= 15 is 0 Å². The molecule has 0 radical (unpaired) electrons. The molecular formula is C16H21N4O4+. The lowest BCUT2D eigenvalue weighted by Crippen LogP contribution is -2.25. The van der Waals surface area contributed by atoms with Gasteiger partial charge in [0.15, 0.2) is 10.6 Å². The molecule has 1 aromatic heterocycles. The van der Waals surface area contributed by atoms with Crippen LogP contribution in [0.2, 0.25) is 0 Å². The molecule has 24 heavy (non-hydrogen) atoms. The fourth-order valence-corrected chi connectivity index (χ4v) is 2.26. The lowest BCUT2D eigenvalue weighted by atomic mass is 10.2. The van der Waals surface area contributed by atoms with Crippen LogP contribution in [0.4, 0.5) is 5.82 Å². The summed E-state index contributed by atoms with van der Waals surface area (Å²) in [6.45, 7) is 1.85. The zero-order valence-corrected chi connectivity index (χ0v) is 14.0. The van der Waals surface area contributed by atoms with E-state index in [1.54, 1.807) is 0 Å². The number of ether oxygens (including phenoxy) is 1. The van der Waals surface area contributed by atoms with Crippen LogP contribution in [-0.4, -0.2) is 53.4 Å². The summed E-state index contributed by atoms with van der Waals surface area (Å²) < 4.78 is 6.18. The molecule has 0 saturated carbocycles. The molecule has 128 valence electrons. The molecule has 0 atom stereocenters. The van der Waals surface area contributed by atoms with Crippen molar-refractivity contribution in [2.75, 3.05) is 27.8 Å². The molecule has 2 rings (SSSR count). The molecular weight excluding hydrogens is 312 g/mol. The van der Waals surface area contributed by atoms with Gasteiger partial charge in [0, 0.05) is 13.1 Å². The van der Waals surface area contributed by atoms with Gasteiger partial charge < -0.3 is 14.5 Å². The molecule has 0 fully saturated rings. The second kappa shape index (κ2) is 8.21. The number of rotatable bonds is 8. The van der Waals surface area contributed by atoms with Crippen molar-refractivity contribution in [1.29, 1.82) is 0 Å². The summed E-state index contributed by atoms with van der Waals surface area (Å²) in [5.41, 5.74) is 1.40. The van der Waals surface area contributed by atoms with Gasteiger partial charge in [-0.15, -0.1) is 0 Å². The number of methoxy groups -OCH3 is 1. The lowest BCUT2D eigenvalue weighted by molar-refractivity contribution is -0.739. The average molecular weight is 333 g/mol. The van der Waals surface area contributed by atoms with Gasteiger partial charge in [-0.05, 0) is 17.5 Å². The summed E-state index contributed by atoms with van der Waals surface area (Å²) in [6.07, 6.45) is 0. The first-order valence-electron chi connectivity index (χ1n) is 7.45. The number of aromatic nitrogens is 2. The van der Waals surface area contributed by atoms with Crippen molar-refractivity contribution in [3.05, 3.63) is 52.6 Å². The molecule has 1 aromatic carbocycles. The van der Waals surface area contributed by atoms with Gasteiger partial charge in [-0.2, -0.15) is 4.68 Å². The zero-order chi connectivity index (χ0) is 17.5. The maximum Gasteiger partial charge on any atom is 0.434 e. The Morgan fingerprint density at radius 2 is 2.00 bits per heavy atom. The predicted octanol–water partition coefficient (Wildman–Crippen LogP) is 1.77. The van der Waals surface area contributed by atoms with Gasteiger partial charge in [0.05, 0.1) is 24.8 Å². The summed E-state index contributed by atoms with van der Waals surface area (Å²) in [5.74, 6) is -0.549. The van der Waals surface area contributed by atoms with Gasteiger partial charge >= 0.3 is 11.8 Å². The van der Waals surface area contributed by atoms with E-state index < -0.39 is 5.97 Å². The predicted molar refractivity (Wildman–Crippen MR) is 86.6 cm³/mol. The fraction of sp³-hybridized carbons (Fsp3) is 0.375. The third kappa shape index (κ3) is 4.39. The highest BCUT2D eigenvalue weighted by atomic mass is 16.8. The van der Waals surface area contributed by atoms with Gasteiger partial charge in [0.1, 0.15) is 7.11 Å². The molecule has 0 unspecified atom stereocenters. The minimum Gasteiger partial charge on any atom is -0.464 e. The van der Waals surface area contributed by atoms with E-state index in [9.17, 15) is 9.70 Å². The first-order chi connectivity index (χ1) is 11.5. The smallest absolute Gasteiger partial charge is 0.434 e. The van der Waals surface area contributed by atoms with Gasteiger partial charge in [-0.25, -0.2) is 4.79 Å². The van der Waals surface area contributed by atoms with Crippen LogP contribution in [0.5, 0.6) is 0 Å². The Balaban J connectivity index is 2.06. The fourth-order valence-electron chi connectivity index (χ4n) is 2.26. The van der Waals surface area contributed by atoms with Crippen molar-refractivity contribution in [2.45, 2.75) is 13.1 Å². The van der Waals surface area contributed by atoms with Crippen LogP contribution in [0.1, 0.15) is 16.1 Å². The lowest BCUT2D eigenvalue weighted by Gasteiger charge is -2.16. The highest BCUT2D eigenvalue weighted by Gasteiger charge is 2.27. The molecule has 0 N–H and O–H groups in total. The largest absolute Gasteiger partial charge is 0.464 e. The number of carbonyl (C=O) groups excluding carboxylic acids is 1. The van der Waals surface area contributed by atoms with E-state index in [0.717, 1.165) is 6.54 Å². The number of benzene rings is 1. The van der Waals surface area contributed by atoms with Gasteiger partial charge in [-0.1, -0.05) is 30.3 Å². The van der Waals surface area contributed by atoms with Crippen molar-refractivity contribution >= 4 is 11.8 Å². The van der Waals surface area contributed by atoms with Crippen LogP contribution >= 0.6 is 0 Å². The van der Waals surface area contributed by atoms with Crippen LogP contribution < -0.4 is 0 Å². The maximum absolute atomic E-state index is 11.8. The van der Waals surface area contributed by atoms with Crippen LogP contribution in [0, 0.1) is 4.91 Å². The molecule has 0 aliphatic rings. The van der Waals surface area contributed by atoms with Crippen LogP contribution in [0.25, 0.3) is 0 Å². The average Bonchev–Trinajstić information content (AvgIpc) is 3.03. The molecule has 0 aliphatic heterocycles. The Kier molecular flexibility index (Phi) is 6.02. The first-order valence-corrected chi connectivity index (χ1v) is 7.45. The van der Waals surface area contributed by atoms with E-state index in [4.69, 9.17) is 4.74 Å². The summed E-state index contributed by atoms with van der Waals surface area (Å²) in [6, 6.07) is 11.4. The van der Waals surface area contributed by atoms with E-state index in [1.165, 1.54) is 30.5 Å². The molecule has 8 heteroatoms. The standard InChI is InChI=1S/C16H21N4O4/c1-18(12-13-7-5-4-6-8-13)9-10-19-14(16(21)23-2)11-15(17-19)20(22)24-3/h4-8,11H,9-10,12H2,1-3H3/q+1. The number of esters is 1. The molecule has 2 aromatic rings. The maximum atomic E-state index is 11.8. The molecule has 0 spiro atoms. The number of carbonyl (C=O) groups is 1. The third-order valence-corrected chi connectivity index (χ3v) is 3.50. The minimum atomic E-state index is -0.552. The SMILES string of the molecule is COC(=O)c1cc([N+](=O)OC)nn1CCN(C)Cc1ccccc1. The molecule has 1 heterocycles. The molecule has 8 nitrogen and oxygen atoms in total. The number of hydrogen-bond acceptors (Lipinski definition) is 6. The Hall–Kier alpha value is -2.74. The van der Waals surface area contributed by atoms with Crippen LogP contribution in [-0.2, 0) is 22.7 Å². The Morgan fingerprint density at radius 1 is 1.29 bits per heavy atom. The van der Waals surface area contributed by atoms with Crippen molar-refractivity contribution in [2.24, 2.45) is 0 Å². The van der Waals surface area contributed by atoms with E-state index in [0.29, 0.717) is 13.1 Å². The Morgan fingerprint density at radius 3 is 2.62 bits per heavy atom. The highest BCUT2D eigenvalue weighted by molar-refractivity contribution is 5.88. The van der Waals surface area contributed by atoms with Crippen molar-refractivity contribution in [3.8, 4) is 0 Å². The monoisotopic (exact) mass is 333 g/mol. The van der Waals surface area contributed by atoms with Crippen molar-refractivity contribution < 1.29 is 19.3 Å². The second-order valence-corrected chi connectivity index (χ2v) is 5.27. The summed E-state index contributed by atoms with van der Waals surface area (Å²) in [7, 11) is 4.49.